The van der Waals surface area contributed by atoms with E-state index in [1.165, 1.54) is 11.3 Å². The van der Waals surface area contributed by atoms with Gasteiger partial charge in [-0.2, -0.15) is 0 Å². The molecule has 152 valence electrons. The summed E-state index contributed by atoms with van der Waals surface area (Å²) < 4.78 is 5.29. The zero-order valence-electron chi connectivity index (χ0n) is 17.1. The number of aromatic nitrogens is 1. The predicted octanol–water partition coefficient (Wildman–Crippen LogP) is 3.33. The lowest BCUT2D eigenvalue weighted by molar-refractivity contribution is -0.118. The van der Waals surface area contributed by atoms with Gasteiger partial charge in [-0.1, -0.05) is 13.3 Å². The molecule has 2 amide bonds. The van der Waals surface area contributed by atoms with Gasteiger partial charge in [0.2, 0.25) is 5.91 Å². The summed E-state index contributed by atoms with van der Waals surface area (Å²) >= 11 is 1.51. The van der Waals surface area contributed by atoms with Crippen LogP contribution < -0.4 is 10.6 Å². The van der Waals surface area contributed by atoms with Crippen LogP contribution in [0.3, 0.4) is 0 Å². The molecule has 0 aliphatic carbocycles. The number of hydrogen-bond acceptors (Lipinski definition) is 6. The topological polar surface area (TPSA) is 83.6 Å². The molecule has 0 radical (unpaired) electrons. The van der Waals surface area contributed by atoms with Crippen LogP contribution in [0.2, 0.25) is 0 Å². The number of anilines is 1. The highest BCUT2D eigenvalue weighted by Gasteiger charge is 2.26. The van der Waals surface area contributed by atoms with Crippen molar-refractivity contribution in [2.24, 2.45) is 0 Å². The molecule has 2 rings (SSSR count). The van der Waals surface area contributed by atoms with Crippen LogP contribution >= 0.6 is 11.3 Å². The van der Waals surface area contributed by atoms with Crippen molar-refractivity contribution in [3.8, 4) is 0 Å². The molecule has 2 N–H and O–H groups in total. The number of piperidine rings is 1. The van der Waals surface area contributed by atoms with Crippen LogP contribution in [0.5, 0.6) is 0 Å². The Balaban J connectivity index is 1.86. The summed E-state index contributed by atoms with van der Waals surface area (Å²) in [4.78, 5) is 32.1. The highest BCUT2D eigenvalue weighted by molar-refractivity contribution is 7.15. The minimum absolute atomic E-state index is 0.0597. The van der Waals surface area contributed by atoms with E-state index in [2.05, 4.69) is 27.4 Å². The molecule has 0 spiro atoms. The van der Waals surface area contributed by atoms with Crippen molar-refractivity contribution in [2.75, 3.05) is 25.0 Å². The first-order valence-electron chi connectivity index (χ1n) is 9.65. The number of ether oxygens (including phenoxy) is 1. The van der Waals surface area contributed by atoms with Gasteiger partial charge in [-0.15, -0.1) is 11.3 Å². The molecule has 2 heterocycles. The maximum Gasteiger partial charge on any atom is 0.407 e. The fourth-order valence-electron chi connectivity index (χ4n) is 3.17. The number of nitrogens with zero attached hydrogens (tertiary/aromatic N) is 2. The number of aryl methyl sites for hydroxylation is 2. The molecule has 1 aromatic rings. The quantitative estimate of drug-likeness (QED) is 0.771. The van der Waals surface area contributed by atoms with Crippen molar-refractivity contribution < 1.29 is 14.3 Å². The van der Waals surface area contributed by atoms with Crippen molar-refractivity contribution in [3.05, 3.63) is 10.6 Å². The van der Waals surface area contributed by atoms with E-state index in [9.17, 15) is 9.59 Å². The lowest BCUT2D eigenvalue weighted by Gasteiger charge is -2.35. The molecule has 7 nitrogen and oxygen atoms in total. The van der Waals surface area contributed by atoms with Crippen LogP contribution in [0.15, 0.2) is 0 Å². The van der Waals surface area contributed by atoms with Crippen LogP contribution in [0, 0.1) is 6.92 Å². The Kier molecular flexibility index (Phi) is 7.61. The molecule has 1 unspecified atom stereocenters. The molecule has 1 fully saturated rings. The number of carbonyl (C=O) groups excluding carboxylic acids is 2. The Morgan fingerprint density at radius 2 is 2.07 bits per heavy atom. The van der Waals surface area contributed by atoms with E-state index >= 15 is 0 Å². The van der Waals surface area contributed by atoms with Gasteiger partial charge in [0.1, 0.15) is 5.60 Å². The second kappa shape index (κ2) is 9.50. The van der Waals surface area contributed by atoms with Crippen LogP contribution in [0.4, 0.5) is 9.93 Å². The van der Waals surface area contributed by atoms with Gasteiger partial charge in [-0.25, -0.2) is 9.78 Å². The Morgan fingerprint density at radius 1 is 1.33 bits per heavy atom. The smallest absolute Gasteiger partial charge is 0.407 e. The third kappa shape index (κ3) is 7.10. The maximum atomic E-state index is 12.5. The van der Waals surface area contributed by atoms with Gasteiger partial charge in [-0.05, 0) is 53.5 Å². The number of thiazole rings is 1. The molecule has 1 atom stereocenters. The maximum absolute atomic E-state index is 12.5. The van der Waals surface area contributed by atoms with Crippen molar-refractivity contribution in [2.45, 2.75) is 71.9 Å². The molecular formula is C19H32N4O3S. The highest BCUT2D eigenvalue weighted by Crippen LogP contribution is 2.23. The number of alkyl carbamates (subject to hydrolysis) is 1. The number of hydrogen-bond donors (Lipinski definition) is 2. The highest BCUT2D eigenvalue weighted by atomic mass is 32.1. The Hall–Kier alpha value is -1.67. The number of likely N-dealkylation sites (tertiary alicyclic amines) is 1. The third-order valence-electron chi connectivity index (χ3n) is 4.45. The average molecular weight is 397 g/mol. The predicted molar refractivity (Wildman–Crippen MR) is 108 cm³/mol. The zero-order valence-corrected chi connectivity index (χ0v) is 17.9. The monoisotopic (exact) mass is 396 g/mol. The summed E-state index contributed by atoms with van der Waals surface area (Å²) in [6.07, 6.45) is 3.57. The Labute approximate surface area is 165 Å². The molecular weight excluding hydrogens is 364 g/mol. The second-order valence-corrected chi connectivity index (χ2v) is 9.13. The first-order valence-corrected chi connectivity index (χ1v) is 10.5. The fraction of sp³-hybridized carbons (Fsp3) is 0.737. The van der Waals surface area contributed by atoms with Gasteiger partial charge in [-0.3, -0.25) is 9.69 Å². The molecule has 0 saturated carbocycles. The number of amides is 2. The molecule has 1 aliphatic rings. The van der Waals surface area contributed by atoms with Crippen LogP contribution in [0.1, 0.15) is 57.5 Å². The average Bonchev–Trinajstić information content (AvgIpc) is 2.91. The summed E-state index contributed by atoms with van der Waals surface area (Å²) in [5.41, 5.74) is 0.520. The molecule has 1 saturated heterocycles. The molecule has 1 aromatic heterocycles. The molecule has 8 heteroatoms. The summed E-state index contributed by atoms with van der Waals surface area (Å²) in [6, 6.07) is 0.140. The third-order valence-corrected chi connectivity index (χ3v) is 5.38. The Morgan fingerprint density at radius 3 is 2.70 bits per heavy atom. The van der Waals surface area contributed by atoms with Crippen molar-refractivity contribution in [1.29, 1.82) is 0 Å². The van der Waals surface area contributed by atoms with Gasteiger partial charge in [0, 0.05) is 17.5 Å². The number of nitrogens with one attached hydrogen (secondary N) is 2. The summed E-state index contributed by atoms with van der Waals surface area (Å²) in [7, 11) is 0. The minimum Gasteiger partial charge on any atom is -0.444 e. The van der Waals surface area contributed by atoms with E-state index in [1.54, 1.807) is 0 Å². The minimum atomic E-state index is -0.514. The molecule has 0 aromatic carbocycles. The van der Waals surface area contributed by atoms with Crippen molar-refractivity contribution in [1.82, 2.24) is 15.2 Å². The van der Waals surface area contributed by atoms with E-state index in [0.29, 0.717) is 18.2 Å². The van der Waals surface area contributed by atoms with E-state index < -0.39 is 11.7 Å². The summed E-state index contributed by atoms with van der Waals surface area (Å²) in [5.74, 6) is -0.0597. The largest absolute Gasteiger partial charge is 0.444 e. The van der Waals surface area contributed by atoms with Gasteiger partial charge in [0.25, 0.3) is 0 Å². The van der Waals surface area contributed by atoms with Gasteiger partial charge in [0.05, 0.1) is 12.2 Å². The van der Waals surface area contributed by atoms with Crippen LogP contribution in [-0.2, 0) is 16.0 Å². The van der Waals surface area contributed by atoms with Crippen molar-refractivity contribution in [3.63, 3.8) is 0 Å². The SMILES string of the molecule is CCc1nc(NC(=O)CN2CCCCC2CNC(=O)OC(C)(C)C)sc1C. The summed E-state index contributed by atoms with van der Waals surface area (Å²) in [5, 5.41) is 6.41. The van der Waals surface area contributed by atoms with E-state index in [-0.39, 0.29) is 11.9 Å². The van der Waals surface area contributed by atoms with Gasteiger partial charge < -0.3 is 15.4 Å². The molecule has 0 bridgehead atoms. The Bertz CT molecular complexity index is 654. The van der Waals surface area contributed by atoms with E-state index in [4.69, 9.17) is 4.74 Å². The van der Waals surface area contributed by atoms with Gasteiger partial charge >= 0.3 is 6.09 Å². The normalized spacial score (nSPS) is 18.2. The van der Waals surface area contributed by atoms with Crippen LogP contribution in [-0.4, -0.2) is 53.2 Å². The molecule has 1 aliphatic heterocycles. The first-order chi connectivity index (χ1) is 12.7. The van der Waals surface area contributed by atoms with Crippen LogP contribution in [0.25, 0.3) is 0 Å². The van der Waals surface area contributed by atoms with Crippen molar-refractivity contribution >= 4 is 28.5 Å². The standard InChI is InChI=1S/C19H32N4O3S/c1-6-15-13(2)27-17(21-15)22-16(24)12-23-10-8-7-9-14(23)11-20-18(25)26-19(3,4)5/h14H,6-12H2,1-5H3,(H,20,25)(H,21,22,24). The zero-order chi connectivity index (χ0) is 20.0. The van der Waals surface area contributed by atoms with Gasteiger partial charge in [0.15, 0.2) is 5.13 Å². The van der Waals surface area contributed by atoms with E-state index in [1.807, 2.05) is 27.7 Å². The number of carbonyl (C=O) groups is 2. The fourth-order valence-corrected chi connectivity index (χ4v) is 4.09. The lowest BCUT2D eigenvalue weighted by Crippen LogP contribution is -2.49. The first kappa shape index (κ1) is 21.6. The van der Waals surface area contributed by atoms with E-state index in [0.717, 1.165) is 42.8 Å². The number of rotatable bonds is 6. The second-order valence-electron chi connectivity index (χ2n) is 7.93. The lowest BCUT2D eigenvalue weighted by atomic mass is 10.0. The summed E-state index contributed by atoms with van der Waals surface area (Å²) in [6.45, 7) is 11.2. The molecule has 27 heavy (non-hydrogen) atoms.